The van der Waals surface area contributed by atoms with Crippen molar-refractivity contribution in [2.24, 2.45) is 5.92 Å². The Morgan fingerprint density at radius 1 is 1.17 bits per heavy atom. The molecular weight excluding hydrogens is 396 g/mol. The number of amides is 1. The highest BCUT2D eigenvalue weighted by Gasteiger charge is 2.19. The summed E-state index contributed by atoms with van der Waals surface area (Å²) in [6.07, 6.45) is 3.37. The molecule has 1 aromatic heterocycles. The first-order valence-corrected chi connectivity index (χ1v) is 10.8. The van der Waals surface area contributed by atoms with Crippen molar-refractivity contribution >= 4 is 33.5 Å². The number of hydrogen-bond acceptors (Lipinski definition) is 5. The molecule has 5 nitrogen and oxygen atoms in total. The van der Waals surface area contributed by atoms with Gasteiger partial charge < -0.3 is 14.4 Å². The fourth-order valence-electron chi connectivity index (χ4n) is 2.87. The van der Waals surface area contributed by atoms with Gasteiger partial charge in [-0.3, -0.25) is 4.79 Å². The van der Waals surface area contributed by atoms with Crippen LogP contribution in [0.3, 0.4) is 0 Å². The van der Waals surface area contributed by atoms with Crippen molar-refractivity contribution in [1.29, 1.82) is 0 Å². The molecule has 1 amide bonds. The van der Waals surface area contributed by atoms with Crippen LogP contribution < -0.4 is 9.47 Å². The molecule has 6 heteroatoms. The number of carbonyl (C=O) groups excluding carboxylic acids is 1. The number of nitrogens with zero attached hydrogens (tertiary/aromatic N) is 2. The van der Waals surface area contributed by atoms with Crippen molar-refractivity contribution < 1.29 is 14.3 Å². The summed E-state index contributed by atoms with van der Waals surface area (Å²) in [5.41, 5.74) is 1.84. The van der Waals surface area contributed by atoms with E-state index in [0.29, 0.717) is 24.0 Å². The molecule has 2 aromatic carbocycles. The molecule has 3 aromatic rings. The van der Waals surface area contributed by atoms with Gasteiger partial charge in [0.05, 0.1) is 30.0 Å². The van der Waals surface area contributed by atoms with Crippen LogP contribution in [0.25, 0.3) is 16.3 Å². The van der Waals surface area contributed by atoms with E-state index in [9.17, 15) is 4.79 Å². The topological polar surface area (TPSA) is 51.7 Å². The van der Waals surface area contributed by atoms with Crippen molar-refractivity contribution in [3.8, 4) is 11.5 Å². The summed E-state index contributed by atoms with van der Waals surface area (Å²) in [4.78, 5) is 19.1. The number of fused-ring (bicyclic) bond motifs is 1. The molecule has 0 spiro atoms. The Labute approximate surface area is 182 Å². The zero-order chi connectivity index (χ0) is 21.7. The molecule has 0 aliphatic carbocycles. The highest BCUT2D eigenvalue weighted by molar-refractivity contribution is 7.18. The van der Waals surface area contributed by atoms with Gasteiger partial charge in [0.15, 0.2) is 11.5 Å². The van der Waals surface area contributed by atoms with Gasteiger partial charge in [0, 0.05) is 13.1 Å². The highest BCUT2D eigenvalue weighted by Crippen LogP contribution is 2.30. The lowest BCUT2D eigenvalue weighted by atomic mass is 10.1. The molecule has 1 atom stereocenters. The van der Waals surface area contributed by atoms with Crippen molar-refractivity contribution in [1.82, 2.24) is 9.88 Å². The molecule has 30 heavy (non-hydrogen) atoms. The van der Waals surface area contributed by atoms with E-state index in [1.165, 1.54) is 0 Å². The predicted octanol–water partition coefficient (Wildman–Crippen LogP) is 5.57. The maximum atomic E-state index is 12.7. The number of para-hydroxylation sites is 1. The zero-order valence-electron chi connectivity index (χ0n) is 18.1. The quantitative estimate of drug-likeness (QED) is 0.444. The lowest BCUT2D eigenvalue weighted by Gasteiger charge is -2.21. The average molecular weight is 425 g/mol. The maximum absolute atomic E-state index is 12.7. The fourth-order valence-corrected chi connectivity index (χ4v) is 3.94. The summed E-state index contributed by atoms with van der Waals surface area (Å²) in [6.45, 7) is 6.81. The highest BCUT2D eigenvalue weighted by atomic mass is 32.1. The molecule has 0 radical (unpaired) electrons. The molecule has 0 saturated heterocycles. The van der Waals surface area contributed by atoms with E-state index in [1.807, 2.05) is 49.4 Å². The first-order chi connectivity index (χ1) is 14.4. The molecule has 3 rings (SSSR count). The minimum atomic E-state index is -0.110. The van der Waals surface area contributed by atoms with E-state index in [-0.39, 0.29) is 11.9 Å². The van der Waals surface area contributed by atoms with Gasteiger partial charge >= 0.3 is 0 Å². The second kappa shape index (κ2) is 9.76. The molecule has 0 saturated carbocycles. The third kappa shape index (κ3) is 5.19. The molecule has 1 heterocycles. The molecular formula is C24H28N2O3S. The lowest BCUT2D eigenvalue weighted by molar-refractivity contribution is -0.126. The van der Waals surface area contributed by atoms with E-state index in [2.05, 4.69) is 18.8 Å². The summed E-state index contributed by atoms with van der Waals surface area (Å²) in [5, 5.41) is 0.925. The number of aromatic nitrogens is 1. The Hall–Kier alpha value is -2.86. The molecule has 0 fully saturated rings. The lowest BCUT2D eigenvalue weighted by Crippen LogP contribution is -2.27. The minimum Gasteiger partial charge on any atom is -0.493 e. The van der Waals surface area contributed by atoms with Gasteiger partial charge in [0.1, 0.15) is 5.01 Å². The van der Waals surface area contributed by atoms with Gasteiger partial charge in [0.25, 0.3) is 0 Å². The van der Waals surface area contributed by atoms with E-state index >= 15 is 0 Å². The van der Waals surface area contributed by atoms with Crippen LogP contribution >= 0.6 is 11.3 Å². The van der Waals surface area contributed by atoms with Crippen molar-refractivity contribution in [2.75, 3.05) is 20.8 Å². The summed E-state index contributed by atoms with van der Waals surface area (Å²) in [6, 6.07) is 13.6. The second-order valence-corrected chi connectivity index (χ2v) is 8.66. The maximum Gasteiger partial charge on any atom is 0.246 e. The van der Waals surface area contributed by atoms with Gasteiger partial charge in [-0.1, -0.05) is 32.0 Å². The van der Waals surface area contributed by atoms with E-state index in [4.69, 9.17) is 9.47 Å². The molecule has 0 N–H and O–H groups in total. The van der Waals surface area contributed by atoms with Crippen LogP contribution in [0.1, 0.15) is 37.4 Å². The van der Waals surface area contributed by atoms with E-state index in [1.54, 1.807) is 42.5 Å². The number of methoxy groups -OCH3 is 1. The Kier molecular flexibility index (Phi) is 7.11. The largest absolute Gasteiger partial charge is 0.493 e. The number of rotatable bonds is 8. The van der Waals surface area contributed by atoms with Crippen LogP contribution in [0.15, 0.2) is 48.5 Å². The summed E-state index contributed by atoms with van der Waals surface area (Å²) >= 11 is 1.62. The van der Waals surface area contributed by atoms with Crippen molar-refractivity contribution in [2.45, 2.75) is 26.8 Å². The van der Waals surface area contributed by atoms with Crippen LogP contribution in [0, 0.1) is 5.92 Å². The van der Waals surface area contributed by atoms with E-state index in [0.717, 1.165) is 20.8 Å². The molecule has 158 valence electrons. The first-order valence-electron chi connectivity index (χ1n) is 10.00. The molecule has 0 aliphatic heterocycles. The molecule has 1 unspecified atom stereocenters. The standard InChI is InChI=1S/C24H28N2O3S/c1-16(2)15-29-20-12-10-18(14-21(20)28-5)11-13-23(27)26(4)17(3)24-25-19-8-6-7-9-22(19)30-24/h6-14,16-17H,15H2,1-5H3/b13-11+. The number of thiazole rings is 1. The van der Waals surface area contributed by atoms with Crippen LogP contribution in [0.2, 0.25) is 0 Å². The first kappa shape index (κ1) is 21.8. The fraction of sp³-hybridized carbons (Fsp3) is 0.333. The average Bonchev–Trinajstić information content (AvgIpc) is 3.19. The third-order valence-corrected chi connectivity index (χ3v) is 5.98. The number of carbonyl (C=O) groups is 1. The normalized spacial score (nSPS) is 12.5. The van der Waals surface area contributed by atoms with Crippen LogP contribution in [0.5, 0.6) is 11.5 Å². The van der Waals surface area contributed by atoms with Crippen molar-refractivity contribution in [3.05, 3.63) is 59.1 Å². The van der Waals surface area contributed by atoms with Gasteiger partial charge in [-0.25, -0.2) is 4.98 Å². The molecule has 0 bridgehead atoms. The van der Waals surface area contributed by atoms with Gasteiger partial charge in [-0.2, -0.15) is 0 Å². The second-order valence-electron chi connectivity index (χ2n) is 7.59. The summed E-state index contributed by atoms with van der Waals surface area (Å²) in [7, 11) is 3.41. The number of ether oxygens (including phenoxy) is 2. The van der Waals surface area contributed by atoms with Crippen LogP contribution in [-0.2, 0) is 4.79 Å². The van der Waals surface area contributed by atoms with Crippen molar-refractivity contribution in [3.63, 3.8) is 0 Å². The minimum absolute atomic E-state index is 0.0825. The Morgan fingerprint density at radius 3 is 2.63 bits per heavy atom. The Balaban J connectivity index is 1.69. The third-order valence-electron chi connectivity index (χ3n) is 4.77. The van der Waals surface area contributed by atoms with E-state index < -0.39 is 0 Å². The van der Waals surface area contributed by atoms with Gasteiger partial charge in [0.2, 0.25) is 5.91 Å². The monoisotopic (exact) mass is 424 g/mol. The Bertz CT molecular complexity index is 1010. The summed E-state index contributed by atoms with van der Waals surface area (Å²) < 4.78 is 12.3. The van der Waals surface area contributed by atoms with Gasteiger partial charge in [-0.15, -0.1) is 11.3 Å². The summed E-state index contributed by atoms with van der Waals surface area (Å²) in [5.74, 6) is 1.71. The predicted molar refractivity (Wildman–Crippen MR) is 123 cm³/mol. The van der Waals surface area contributed by atoms with Crippen LogP contribution in [0.4, 0.5) is 0 Å². The SMILES string of the molecule is COc1cc(/C=C/C(=O)N(C)C(C)c2nc3ccccc3s2)ccc1OCC(C)C. The Morgan fingerprint density at radius 2 is 1.93 bits per heavy atom. The number of likely N-dealkylation sites (N-methyl/N-ethyl adjacent to an activating group) is 1. The zero-order valence-corrected chi connectivity index (χ0v) is 18.9. The number of hydrogen-bond donors (Lipinski definition) is 0. The number of benzene rings is 2. The smallest absolute Gasteiger partial charge is 0.246 e. The molecule has 0 aliphatic rings. The van der Waals surface area contributed by atoms with Crippen LogP contribution in [-0.4, -0.2) is 36.6 Å². The van der Waals surface area contributed by atoms with Gasteiger partial charge in [-0.05, 0) is 48.7 Å².